The Bertz CT molecular complexity index is 813. The van der Waals surface area contributed by atoms with Crippen molar-refractivity contribution in [2.45, 2.75) is 64.5 Å². The number of pyridine rings is 1. The van der Waals surface area contributed by atoms with E-state index in [2.05, 4.69) is 25.9 Å². The Kier molecular flexibility index (Phi) is 7.61. The van der Waals surface area contributed by atoms with Gasteiger partial charge in [-0.05, 0) is 43.9 Å². The molecule has 3 amide bonds. The van der Waals surface area contributed by atoms with Crippen molar-refractivity contribution in [1.29, 1.82) is 0 Å². The molecule has 0 unspecified atom stereocenters. The van der Waals surface area contributed by atoms with E-state index in [0.29, 0.717) is 32.0 Å². The van der Waals surface area contributed by atoms with E-state index < -0.39 is 0 Å². The van der Waals surface area contributed by atoms with Crippen LogP contribution in [0.1, 0.15) is 56.3 Å². The molecular formula is C21H30N6O2. The van der Waals surface area contributed by atoms with Crippen LogP contribution in [0.25, 0.3) is 5.82 Å². The summed E-state index contributed by atoms with van der Waals surface area (Å²) in [5.74, 6) is 1.61. The molecule has 2 heterocycles. The van der Waals surface area contributed by atoms with Gasteiger partial charge in [0.05, 0.1) is 0 Å². The number of nitrogens with one attached hydrogen (secondary N) is 3. The van der Waals surface area contributed by atoms with Crippen molar-refractivity contribution in [3.63, 3.8) is 0 Å². The third-order valence-electron chi connectivity index (χ3n) is 5.18. The van der Waals surface area contributed by atoms with Crippen LogP contribution < -0.4 is 16.0 Å². The van der Waals surface area contributed by atoms with Crippen LogP contribution in [0.3, 0.4) is 0 Å². The maximum Gasteiger partial charge on any atom is 0.315 e. The van der Waals surface area contributed by atoms with Gasteiger partial charge in [0.15, 0.2) is 0 Å². The van der Waals surface area contributed by atoms with E-state index >= 15 is 0 Å². The standard InChI is InChI=1S/C21H30N6O2/c1-16-22-12-13-27(16)19-14-17(9-11-23-19)15-25-20(28)8-5-10-24-21(29)26-18-6-3-2-4-7-18/h9,11-14,18H,2-8,10,15H2,1H3,(H,25,28)(H2,24,26,29). The van der Waals surface area contributed by atoms with Gasteiger partial charge in [-0.25, -0.2) is 14.8 Å². The lowest BCUT2D eigenvalue weighted by Gasteiger charge is -2.22. The zero-order chi connectivity index (χ0) is 20.5. The first-order chi connectivity index (χ1) is 14.1. The van der Waals surface area contributed by atoms with Crippen molar-refractivity contribution in [3.05, 3.63) is 42.1 Å². The molecule has 0 atom stereocenters. The number of carbonyl (C=O) groups excluding carboxylic acids is 2. The van der Waals surface area contributed by atoms with Crippen molar-refractivity contribution in [1.82, 2.24) is 30.5 Å². The Labute approximate surface area is 171 Å². The summed E-state index contributed by atoms with van der Waals surface area (Å²) >= 11 is 0. The van der Waals surface area contributed by atoms with Crippen molar-refractivity contribution in [2.75, 3.05) is 6.54 Å². The van der Waals surface area contributed by atoms with Gasteiger partial charge in [-0.1, -0.05) is 19.3 Å². The SMILES string of the molecule is Cc1nccn1-c1cc(CNC(=O)CCCNC(=O)NC2CCCCC2)ccn1. The van der Waals surface area contributed by atoms with Crippen molar-refractivity contribution in [2.24, 2.45) is 0 Å². The maximum atomic E-state index is 12.1. The molecule has 2 aromatic rings. The minimum Gasteiger partial charge on any atom is -0.352 e. The van der Waals surface area contributed by atoms with E-state index in [9.17, 15) is 9.59 Å². The zero-order valence-corrected chi connectivity index (χ0v) is 17.0. The number of nitrogens with zero attached hydrogens (tertiary/aromatic N) is 3. The first-order valence-corrected chi connectivity index (χ1v) is 10.4. The zero-order valence-electron chi connectivity index (χ0n) is 17.0. The second-order valence-electron chi connectivity index (χ2n) is 7.48. The minimum absolute atomic E-state index is 0.0309. The van der Waals surface area contributed by atoms with Gasteiger partial charge in [0.1, 0.15) is 11.6 Å². The Balaban J connectivity index is 1.33. The number of hydrogen-bond donors (Lipinski definition) is 3. The lowest BCUT2D eigenvalue weighted by molar-refractivity contribution is -0.121. The van der Waals surface area contributed by atoms with Crippen LogP contribution in [0.5, 0.6) is 0 Å². The number of hydrogen-bond acceptors (Lipinski definition) is 4. The summed E-state index contributed by atoms with van der Waals surface area (Å²) in [5, 5.41) is 8.77. The van der Waals surface area contributed by atoms with Gasteiger partial charge in [-0.3, -0.25) is 9.36 Å². The summed E-state index contributed by atoms with van der Waals surface area (Å²) < 4.78 is 1.90. The normalized spacial score (nSPS) is 14.4. The number of urea groups is 1. The summed E-state index contributed by atoms with van der Waals surface area (Å²) in [6, 6.07) is 3.99. The molecule has 0 saturated heterocycles. The number of aryl methyl sites for hydroxylation is 1. The largest absolute Gasteiger partial charge is 0.352 e. The number of rotatable bonds is 8. The Morgan fingerprint density at radius 2 is 1.97 bits per heavy atom. The summed E-state index contributed by atoms with van der Waals surface area (Å²) in [5.41, 5.74) is 0.974. The van der Waals surface area contributed by atoms with E-state index in [1.54, 1.807) is 12.4 Å². The first kappa shape index (κ1) is 20.8. The maximum absolute atomic E-state index is 12.1. The lowest BCUT2D eigenvalue weighted by atomic mass is 9.96. The molecule has 1 aliphatic carbocycles. The van der Waals surface area contributed by atoms with Gasteiger partial charge in [-0.15, -0.1) is 0 Å². The fourth-order valence-electron chi connectivity index (χ4n) is 3.55. The molecule has 0 bridgehead atoms. The van der Waals surface area contributed by atoms with Crippen molar-refractivity contribution < 1.29 is 9.59 Å². The topological polar surface area (TPSA) is 101 Å². The second kappa shape index (κ2) is 10.6. The minimum atomic E-state index is -0.128. The van der Waals surface area contributed by atoms with Crippen molar-refractivity contribution in [3.8, 4) is 5.82 Å². The van der Waals surface area contributed by atoms with E-state index in [0.717, 1.165) is 30.0 Å². The third-order valence-corrected chi connectivity index (χ3v) is 5.18. The predicted molar refractivity (Wildman–Crippen MR) is 111 cm³/mol. The lowest BCUT2D eigenvalue weighted by Crippen LogP contribution is -2.43. The van der Waals surface area contributed by atoms with E-state index in [1.165, 1.54) is 19.3 Å². The average Bonchev–Trinajstić information content (AvgIpc) is 3.16. The molecule has 1 aliphatic rings. The van der Waals surface area contributed by atoms with E-state index in [1.807, 2.05) is 29.8 Å². The smallest absolute Gasteiger partial charge is 0.315 e. The second-order valence-corrected chi connectivity index (χ2v) is 7.48. The molecule has 156 valence electrons. The van der Waals surface area contributed by atoms with Gasteiger partial charge < -0.3 is 16.0 Å². The number of aromatic nitrogens is 3. The Morgan fingerprint density at radius 1 is 1.14 bits per heavy atom. The highest BCUT2D eigenvalue weighted by Crippen LogP contribution is 2.17. The highest BCUT2D eigenvalue weighted by molar-refractivity contribution is 5.76. The van der Waals surface area contributed by atoms with Crippen LogP contribution in [0.2, 0.25) is 0 Å². The molecule has 2 aromatic heterocycles. The van der Waals surface area contributed by atoms with Crippen LogP contribution in [0.4, 0.5) is 4.79 Å². The van der Waals surface area contributed by atoms with Gasteiger partial charge >= 0.3 is 6.03 Å². The monoisotopic (exact) mass is 398 g/mol. The number of amides is 3. The van der Waals surface area contributed by atoms with Crippen LogP contribution in [0.15, 0.2) is 30.7 Å². The Hall–Kier alpha value is -2.90. The van der Waals surface area contributed by atoms with Gasteiger partial charge in [0.25, 0.3) is 0 Å². The van der Waals surface area contributed by atoms with Gasteiger partial charge in [0.2, 0.25) is 5.91 Å². The summed E-state index contributed by atoms with van der Waals surface area (Å²) in [6.07, 6.45) is 12.1. The van der Waals surface area contributed by atoms with Gasteiger partial charge in [-0.2, -0.15) is 0 Å². The highest BCUT2D eigenvalue weighted by Gasteiger charge is 2.15. The predicted octanol–water partition coefficient (Wildman–Crippen LogP) is 2.60. The van der Waals surface area contributed by atoms with Crippen LogP contribution in [-0.2, 0) is 11.3 Å². The van der Waals surface area contributed by atoms with Crippen LogP contribution in [0, 0.1) is 6.92 Å². The van der Waals surface area contributed by atoms with Crippen molar-refractivity contribution >= 4 is 11.9 Å². The molecule has 0 aliphatic heterocycles. The molecule has 0 spiro atoms. The van der Waals surface area contributed by atoms with Crippen LogP contribution >= 0.6 is 0 Å². The van der Waals surface area contributed by atoms with Crippen LogP contribution in [-0.4, -0.2) is 39.1 Å². The average molecular weight is 399 g/mol. The molecule has 0 radical (unpaired) electrons. The van der Waals surface area contributed by atoms with Gasteiger partial charge in [0, 0.05) is 44.1 Å². The molecule has 3 N–H and O–H groups in total. The molecule has 8 nitrogen and oxygen atoms in total. The van der Waals surface area contributed by atoms with E-state index in [4.69, 9.17) is 0 Å². The summed E-state index contributed by atoms with van der Waals surface area (Å²) in [7, 11) is 0. The molecular weight excluding hydrogens is 368 g/mol. The summed E-state index contributed by atoms with van der Waals surface area (Å²) in [6.45, 7) is 2.85. The molecule has 1 saturated carbocycles. The highest BCUT2D eigenvalue weighted by atomic mass is 16.2. The fourth-order valence-corrected chi connectivity index (χ4v) is 3.55. The molecule has 1 fully saturated rings. The molecule has 3 rings (SSSR count). The molecule has 0 aromatic carbocycles. The summed E-state index contributed by atoms with van der Waals surface area (Å²) in [4.78, 5) is 32.5. The quantitative estimate of drug-likeness (QED) is 0.595. The number of carbonyl (C=O) groups is 2. The molecule has 29 heavy (non-hydrogen) atoms. The third kappa shape index (κ3) is 6.58. The van der Waals surface area contributed by atoms with E-state index in [-0.39, 0.29) is 11.9 Å². The number of imidazole rings is 1. The fraction of sp³-hybridized carbons (Fsp3) is 0.524. The molecule has 8 heteroatoms. The Morgan fingerprint density at radius 3 is 2.72 bits per heavy atom. The first-order valence-electron chi connectivity index (χ1n) is 10.4.